The van der Waals surface area contributed by atoms with E-state index in [1.165, 1.54) is 32.4 Å². The van der Waals surface area contributed by atoms with Crippen LogP contribution in [0.15, 0.2) is 24.3 Å². The van der Waals surface area contributed by atoms with Crippen LogP contribution >= 0.6 is 43.2 Å². The van der Waals surface area contributed by atoms with Gasteiger partial charge in [0.1, 0.15) is 48.7 Å². The molecule has 1 fully saturated rings. The Morgan fingerprint density at radius 3 is 2.67 bits per heavy atom. The van der Waals surface area contributed by atoms with Gasteiger partial charge >= 0.3 is 0 Å². The van der Waals surface area contributed by atoms with E-state index >= 15 is 0 Å². The van der Waals surface area contributed by atoms with E-state index in [4.69, 9.17) is 34.2 Å². The highest BCUT2D eigenvalue weighted by Crippen LogP contribution is 2.38. The van der Waals surface area contributed by atoms with Gasteiger partial charge in [0.15, 0.2) is 0 Å². The highest BCUT2D eigenvalue weighted by atomic mass is 33.1. The van der Waals surface area contributed by atoms with Gasteiger partial charge in [-0.3, -0.25) is 9.59 Å². The largest absolute Gasteiger partial charge is 0.490 e. The molecule has 0 spiro atoms. The number of hydrogen-bond donors (Lipinski definition) is 3. The Hall–Kier alpha value is -2.50. The minimum Gasteiger partial charge on any atom is -0.490 e. The van der Waals surface area contributed by atoms with Gasteiger partial charge < -0.3 is 49.6 Å². The molecule has 2 rings (SSSR count). The quantitative estimate of drug-likeness (QED) is 0.0233. The summed E-state index contributed by atoms with van der Waals surface area (Å²) in [5, 5.41) is 15.3. The molecule has 1 radical (unpaired) electrons. The van der Waals surface area contributed by atoms with Gasteiger partial charge in [0.2, 0.25) is 5.91 Å². The first-order valence-corrected chi connectivity index (χ1v) is 22.3. The Labute approximate surface area is 340 Å². The first-order valence-electron chi connectivity index (χ1n) is 17.5. The highest BCUT2D eigenvalue weighted by Gasteiger charge is 2.38. The van der Waals surface area contributed by atoms with Crippen LogP contribution in [0.4, 0.5) is 0 Å². The predicted octanol–water partition coefficient (Wildman–Crippen LogP) is 3.55. The zero-order valence-electron chi connectivity index (χ0n) is 32.1. The van der Waals surface area contributed by atoms with Crippen molar-refractivity contribution in [1.82, 2.24) is 10.6 Å². The molecule has 0 aliphatic carbocycles. The number of benzene rings is 1. The third-order valence-electron chi connectivity index (χ3n) is 6.76. The maximum Gasteiger partial charge on any atom is 0.294 e. The Morgan fingerprint density at radius 1 is 1.16 bits per heavy atom. The van der Waals surface area contributed by atoms with E-state index in [1.54, 1.807) is 49.3 Å². The first kappa shape index (κ1) is 48.7. The van der Waals surface area contributed by atoms with Crippen molar-refractivity contribution in [2.75, 3.05) is 65.5 Å². The molecule has 1 aromatic rings. The monoisotopic (exact) mass is 843 g/mol. The lowest BCUT2D eigenvalue weighted by molar-refractivity contribution is -0.758. The van der Waals surface area contributed by atoms with Crippen LogP contribution in [0, 0.1) is 33.7 Å². The summed E-state index contributed by atoms with van der Waals surface area (Å²) in [6, 6.07) is 6.51. The van der Waals surface area contributed by atoms with E-state index < -0.39 is 22.7 Å². The van der Waals surface area contributed by atoms with Crippen molar-refractivity contribution in [2.24, 2.45) is 5.73 Å². The molecule has 0 saturated carbocycles. The summed E-state index contributed by atoms with van der Waals surface area (Å²) < 4.78 is 35.6. The normalized spacial score (nSPS) is 18.1. The maximum absolute atomic E-state index is 12.3. The number of hydrogen-bond acceptors (Lipinski definition) is 16. The molecule has 20 heteroatoms. The highest BCUT2D eigenvalue weighted by molar-refractivity contribution is 8.77. The molecule has 2 amide bonds. The summed E-state index contributed by atoms with van der Waals surface area (Å²) in [7, 11) is 7.60. The van der Waals surface area contributed by atoms with Crippen molar-refractivity contribution >= 4 is 62.3 Å². The van der Waals surface area contributed by atoms with Crippen molar-refractivity contribution < 1.29 is 47.9 Å². The zero-order valence-corrected chi connectivity index (χ0v) is 35.3. The fourth-order valence-electron chi connectivity index (χ4n) is 4.42. The molecule has 305 valence electrons. The van der Waals surface area contributed by atoms with Crippen LogP contribution in [-0.2, 0) is 33.3 Å². The van der Waals surface area contributed by atoms with Crippen LogP contribution in [0.25, 0.3) is 0 Å². The second-order valence-electron chi connectivity index (χ2n) is 12.5. The van der Waals surface area contributed by atoms with Crippen molar-refractivity contribution in [3.63, 3.8) is 0 Å². The van der Waals surface area contributed by atoms with Crippen molar-refractivity contribution in [3.05, 3.63) is 39.9 Å². The predicted molar refractivity (Wildman–Crippen MR) is 220 cm³/mol. The van der Waals surface area contributed by atoms with Crippen molar-refractivity contribution in [3.8, 4) is 29.3 Å². The number of nitrogens with one attached hydrogen (secondary N) is 2. The van der Waals surface area contributed by atoms with E-state index in [-0.39, 0.29) is 80.3 Å². The smallest absolute Gasteiger partial charge is 0.294 e. The molecule has 15 nitrogen and oxygen atoms in total. The van der Waals surface area contributed by atoms with Gasteiger partial charge in [-0.05, 0) is 44.7 Å². The second-order valence-corrected chi connectivity index (χ2v) is 18.3. The van der Waals surface area contributed by atoms with Crippen LogP contribution in [0.2, 0.25) is 0 Å². The van der Waals surface area contributed by atoms with Gasteiger partial charge in [-0.1, -0.05) is 81.9 Å². The van der Waals surface area contributed by atoms with Crippen LogP contribution in [0.5, 0.6) is 5.75 Å². The van der Waals surface area contributed by atoms with Crippen molar-refractivity contribution in [1.29, 1.82) is 0 Å². The summed E-state index contributed by atoms with van der Waals surface area (Å²) in [6.07, 6.45) is 1.10. The number of nitrogens with zero attached hydrogens (tertiary/aromatic N) is 1. The molecule has 1 aliphatic rings. The average molecular weight is 844 g/mol. The first-order chi connectivity index (χ1) is 26.3. The summed E-state index contributed by atoms with van der Waals surface area (Å²) in [5.74, 6) is 11.5. The Morgan fingerprint density at radius 2 is 1.96 bits per heavy atom. The lowest BCUT2D eigenvalue weighted by atomic mass is 9.71. The van der Waals surface area contributed by atoms with Gasteiger partial charge in [0.25, 0.3) is 18.3 Å². The number of rotatable bonds is 26. The average Bonchev–Trinajstić information content (AvgIpc) is 3.53. The summed E-state index contributed by atoms with van der Waals surface area (Å²) in [4.78, 5) is 39.9. The van der Waals surface area contributed by atoms with Crippen LogP contribution in [-0.4, -0.2) is 130 Å². The third kappa shape index (κ3) is 22.7. The number of ether oxygens (including phenoxy) is 6. The Bertz CT molecular complexity index is 1440. The lowest BCUT2D eigenvalue weighted by Gasteiger charge is -2.24. The second kappa shape index (κ2) is 28.0. The van der Waals surface area contributed by atoms with Gasteiger partial charge in [0.05, 0.1) is 32.5 Å². The maximum atomic E-state index is 12.3. The van der Waals surface area contributed by atoms with Gasteiger partial charge in [-0.25, -0.2) is 0 Å². The van der Waals surface area contributed by atoms with E-state index in [1.807, 2.05) is 13.2 Å². The van der Waals surface area contributed by atoms with E-state index in [2.05, 4.69) is 59.8 Å². The molecule has 4 N–H and O–H groups in total. The minimum atomic E-state index is -0.848. The zero-order chi connectivity index (χ0) is 40.5. The van der Waals surface area contributed by atoms with Crippen LogP contribution in [0.1, 0.15) is 51.4 Å². The standard InChI is InChI=1S/C35H52BN4O11S4/c1-7-10-25(2)47-21-29-28(51-33(53-52-6)24-49-40(43)44)20-30(50-29)36-13-9-15-38-31(41)22-45-17-18-46-32(54-55-35(3,4)5)23-48-27-12-8-11-26(19-27)34(42)39-16-14-37/h8,11-12,19,25,28-30,32-33H,14-18,20-24,37H2,1-6H3,(H,38,41)(H,39,42)/t25?,28-,29?,30-,32?,33+/m1/s1. The van der Waals surface area contributed by atoms with Gasteiger partial charge in [0, 0.05) is 29.4 Å². The van der Waals surface area contributed by atoms with Gasteiger partial charge in [-0.2, -0.15) is 5.82 Å². The lowest BCUT2D eigenvalue weighted by Crippen LogP contribution is -2.34. The van der Waals surface area contributed by atoms with Crippen LogP contribution < -0.4 is 21.1 Å². The molecule has 0 bridgehead atoms. The van der Waals surface area contributed by atoms with Crippen LogP contribution in [0.3, 0.4) is 0 Å². The molecule has 0 aromatic heterocycles. The fourth-order valence-corrected chi connectivity index (χ4v) is 8.08. The number of carbonyl (C=O) groups is 2. The molecule has 6 atom stereocenters. The Balaban J connectivity index is 1.78. The molecule has 1 aliphatic heterocycles. The third-order valence-corrected chi connectivity index (χ3v) is 12.2. The number of amides is 2. The molecular weight excluding hydrogens is 791 g/mol. The Kier molecular flexibility index (Phi) is 24.8. The fraction of sp³-hybridized carbons (Fsp3) is 0.657. The SMILES string of the molecule is CC#CC(C)OCC1O[C@@H]([B]C#CCNC(=O)COCCOC(COc2cccc(C(=O)NCCN)c2)SSC(C)(C)C)C[C@H]1O[C@H](CO[N+](=O)[O-])SSC. The van der Waals surface area contributed by atoms with E-state index in [0.717, 1.165) is 0 Å². The van der Waals surface area contributed by atoms with E-state index in [0.29, 0.717) is 30.8 Å². The summed E-state index contributed by atoms with van der Waals surface area (Å²) in [6.45, 7) is 11.2. The molecular formula is C35H52BN4O11S4. The summed E-state index contributed by atoms with van der Waals surface area (Å²) in [5.41, 5.74) is 5.01. The molecule has 1 saturated heterocycles. The van der Waals surface area contributed by atoms with E-state index in [9.17, 15) is 19.7 Å². The van der Waals surface area contributed by atoms with Gasteiger partial charge in [-0.15, -0.1) is 16.0 Å². The number of nitrogens with two attached hydrogens (primary N) is 1. The molecule has 3 unspecified atom stereocenters. The molecule has 1 heterocycles. The minimum absolute atomic E-state index is 0.0159. The topological polar surface area (TPSA) is 192 Å². The molecule has 1 aromatic carbocycles. The molecule has 55 heavy (non-hydrogen) atoms. The summed E-state index contributed by atoms with van der Waals surface area (Å²) >= 11 is 0. The number of carbonyl (C=O) groups excluding carboxylic acids is 2. The van der Waals surface area contributed by atoms with Crippen molar-refractivity contribution in [2.45, 2.75) is 81.0 Å².